The summed E-state index contributed by atoms with van der Waals surface area (Å²) < 4.78 is 12.5. The van der Waals surface area contributed by atoms with Gasteiger partial charge in [0.1, 0.15) is 11.6 Å². The third-order valence-electron chi connectivity index (χ3n) is 1.05. The summed E-state index contributed by atoms with van der Waals surface area (Å²) >= 11 is 0. The minimum absolute atomic E-state index is 0.567. The number of halogens is 1. The Labute approximate surface area is 61.2 Å². The van der Waals surface area contributed by atoms with Crippen LogP contribution in [0.1, 0.15) is 5.56 Å². The Hall–Kier alpha value is -1.83. The molecule has 0 aliphatic heterocycles. The van der Waals surface area contributed by atoms with Crippen molar-refractivity contribution in [2.24, 2.45) is 0 Å². The zero-order valence-corrected chi connectivity index (χ0v) is 5.24. The van der Waals surface area contributed by atoms with Gasteiger partial charge < -0.3 is 10.2 Å². The Kier molecular flexibility index (Phi) is 1.60. The maximum atomic E-state index is 12.5. The van der Waals surface area contributed by atoms with Gasteiger partial charge in [-0.3, -0.25) is 0 Å². The van der Waals surface area contributed by atoms with Crippen molar-refractivity contribution in [1.29, 1.82) is 5.26 Å². The van der Waals surface area contributed by atoms with Crippen molar-refractivity contribution in [3.63, 3.8) is 0 Å². The summed E-state index contributed by atoms with van der Waals surface area (Å²) in [6.07, 6.45) is 0. The second kappa shape index (κ2) is 2.42. The number of rotatable bonds is 0. The van der Waals surface area contributed by atoms with Gasteiger partial charge in [0.15, 0.2) is 5.82 Å². The SMILES string of the molecule is N#Cc1c(F)cc(O)nc1O. The molecule has 0 atom stereocenters. The molecule has 0 aromatic carbocycles. The smallest absolute Gasteiger partial charge is 0.235 e. The highest BCUT2D eigenvalue weighted by molar-refractivity contribution is 5.40. The van der Waals surface area contributed by atoms with Gasteiger partial charge in [-0.05, 0) is 0 Å². The fourth-order valence-electron chi connectivity index (χ4n) is 0.592. The molecule has 0 amide bonds. The van der Waals surface area contributed by atoms with Crippen LogP contribution in [0.15, 0.2) is 6.07 Å². The van der Waals surface area contributed by atoms with E-state index in [2.05, 4.69) is 4.98 Å². The molecular formula is C6H3FN2O2. The van der Waals surface area contributed by atoms with Crippen LogP contribution in [-0.2, 0) is 0 Å². The van der Waals surface area contributed by atoms with Crippen molar-refractivity contribution in [3.05, 3.63) is 17.4 Å². The summed E-state index contributed by atoms with van der Waals surface area (Å²) in [5.74, 6) is -2.44. The third kappa shape index (κ3) is 1.19. The lowest BCUT2D eigenvalue weighted by Gasteiger charge is -1.96. The van der Waals surface area contributed by atoms with Gasteiger partial charge >= 0.3 is 0 Å². The monoisotopic (exact) mass is 154 g/mol. The van der Waals surface area contributed by atoms with Gasteiger partial charge in [-0.15, -0.1) is 0 Å². The lowest BCUT2D eigenvalue weighted by Crippen LogP contribution is -1.87. The van der Waals surface area contributed by atoms with E-state index in [1.54, 1.807) is 0 Å². The fraction of sp³-hybridized carbons (Fsp3) is 0. The van der Waals surface area contributed by atoms with Crippen LogP contribution in [0.5, 0.6) is 11.8 Å². The van der Waals surface area contributed by atoms with Crippen LogP contribution in [-0.4, -0.2) is 15.2 Å². The quantitative estimate of drug-likeness (QED) is 0.570. The average Bonchev–Trinajstić information content (AvgIpc) is 1.85. The molecular weight excluding hydrogens is 151 g/mol. The normalized spacial score (nSPS) is 9.09. The Morgan fingerprint density at radius 3 is 2.64 bits per heavy atom. The predicted octanol–water partition coefficient (Wildman–Crippen LogP) is 0.504. The van der Waals surface area contributed by atoms with E-state index in [-0.39, 0.29) is 0 Å². The molecule has 1 rings (SSSR count). The lowest BCUT2D eigenvalue weighted by atomic mass is 10.3. The molecule has 0 spiro atoms. The van der Waals surface area contributed by atoms with Crippen LogP contribution in [0, 0.1) is 17.1 Å². The van der Waals surface area contributed by atoms with Gasteiger partial charge in [0.25, 0.3) is 0 Å². The number of hydrogen-bond donors (Lipinski definition) is 2. The number of nitrogens with zero attached hydrogens (tertiary/aromatic N) is 2. The van der Waals surface area contributed by atoms with E-state index >= 15 is 0 Å². The van der Waals surface area contributed by atoms with Gasteiger partial charge in [-0.2, -0.15) is 10.2 Å². The van der Waals surface area contributed by atoms with E-state index in [0.717, 1.165) is 0 Å². The maximum absolute atomic E-state index is 12.5. The Balaban J connectivity index is 3.40. The van der Waals surface area contributed by atoms with Crippen molar-refractivity contribution in [1.82, 2.24) is 4.98 Å². The van der Waals surface area contributed by atoms with Crippen LogP contribution in [0.3, 0.4) is 0 Å². The van der Waals surface area contributed by atoms with E-state index in [0.29, 0.717) is 6.07 Å². The topological polar surface area (TPSA) is 77.1 Å². The number of hydrogen-bond acceptors (Lipinski definition) is 4. The molecule has 1 aromatic heterocycles. The van der Waals surface area contributed by atoms with Crippen molar-refractivity contribution < 1.29 is 14.6 Å². The first-order valence-electron chi connectivity index (χ1n) is 2.63. The molecule has 1 aromatic rings. The Morgan fingerprint density at radius 1 is 1.55 bits per heavy atom. The highest BCUT2D eigenvalue weighted by atomic mass is 19.1. The molecule has 0 fully saturated rings. The molecule has 0 aliphatic rings. The maximum Gasteiger partial charge on any atom is 0.235 e. The highest BCUT2D eigenvalue weighted by Gasteiger charge is 2.10. The predicted molar refractivity (Wildman–Crippen MR) is 32.2 cm³/mol. The molecule has 56 valence electrons. The third-order valence-corrected chi connectivity index (χ3v) is 1.05. The number of pyridine rings is 1. The van der Waals surface area contributed by atoms with Crippen LogP contribution in [0.25, 0.3) is 0 Å². The molecule has 0 unspecified atom stereocenters. The van der Waals surface area contributed by atoms with Gasteiger partial charge in [-0.1, -0.05) is 0 Å². The highest BCUT2D eigenvalue weighted by Crippen LogP contribution is 2.20. The van der Waals surface area contributed by atoms with Crippen molar-refractivity contribution >= 4 is 0 Å². The molecule has 11 heavy (non-hydrogen) atoms. The second-order valence-electron chi connectivity index (χ2n) is 1.77. The van der Waals surface area contributed by atoms with Crippen LogP contribution in [0.2, 0.25) is 0 Å². The van der Waals surface area contributed by atoms with Crippen molar-refractivity contribution in [3.8, 4) is 17.8 Å². The zero-order chi connectivity index (χ0) is 8.43. The van der Waals surface area contributed by atoms with E-state index in [1.807, 2.05) is 0 Å². The van der Waals surface area contributed by atoms with Crippen LogP contribution >= 0.6 is 0 Å². The number of aromatic hydroxyl groups is 2. The van der Waals surface area contributed by atoms with Gasteiger partial charge in [0.2, 0.25) is 11.8 Å². The molecule has 0 aliphatic carbocycles. The summed E-state index contributed by atoms with van der Waals surface area (Å²) in [7, 11) is 0. The van der Waals surface area contributed by atoms with E-state index in [1.165, 1.54) is 6.07 Å². The summed E-state index contributed by atoms with van der Waals surface area (Å²) in [4.78, 5) is 3.05. The van der Waals surface area contributed by atoms with E-state index < -0.39 is 23.1 Å². The lowest BCUT2D eigenvalue weighted by molar-refractivity contribution is 0.403. The summed E-state index contributed by atoms with van der Waals surface area (Å²) in [6, 6.07) is 2.04. The van der Waals surface area contributed by atoms with Crippen molar-refractivity contribution in [2.75, 3.05) is 0 Å². The molecule has 2 N–H and O–H groups in total. The number of aromatic nitrogens is 1. The van der Waals surface area contributed by atoms with Crippen LogP contribution < -0.4 is 0 Å². The molecule has 5 heteroatoms. The van der Waals surface area contributed by atoms with Gasteiger partial charge in [-0.25, -0.2) is 4.39 Å². The number of nitriles is 1. The zero-order valence-electron chi connectivity index (χ0n) is 5.24. The minimum Gasteiger partial charge on any atom is -0.493 e. The molecule has 0 saturated heterocycles. The minimum atomic E-state index is -0.988. The van der Waals surface area contributed by atoms with Crippen LogP contribution in [0.4, 0.5) is 4.39 Å². The largest absolute Gasteiger partial charge is 0.493 e. The molecule has 0 bridgehead atoms. The van der Waals surface area contributed by atoms with Crippen molar-refractivity contribution in [2.45, 2.75) is 0 Å². The summed E-state index contributed by atoms with van der Waals surface area (Å²) in [5, 5.41) is 25.6. The Morgan fingerprint density at radius 2 is 2.18 bits per heavy atom. The first kappa shape index (κ1) is 7.28. The van der Waals surface area contributed by atoms with E-state index in [9.17, 15) is 4.39 Å². The van der Waals surface area contributed by atoms with Gasteiger partial charge in [0.05, 0.1) is 0 Å². The molecule has 0 saturated carbocycles. The van der Waals surface area contributed by atoms with E-state index in [4.69, 9.17) is 15.5 Å². The average molecular weight is 154 g/mol. The van der Waals surface area contributed by atoms with Gasteiger partial charge in [0, 0.05) is 6.07 Å². The molecule has 4 nitrogen and oxygen atoms in total. The Bertz CT molecular complexity index is 309. The summed E-state index contributed by atoms with van der Waals surface area (Å²) in [6.45, 7) is 0. The first-order valence-corrected chi connectivity index (χ1v) is 2.63. The molecule has 0 radical (unpaired) electrons. The second-order valence-corrected chi connectivity index (χ2v) is 1.77. The first-order chi connectivity index (χ1) is 5.15. The summed E-state index contributed by atoms with van der Waals surface area (Å²) in [5.41, 5.74) is -0.567. The molecule has 1 heterocycles. The standard InChI is InChI=1S/C6H3FN2O2/c7-4-1-5(10)9-6(11)3(4)2-8/h1H,(H2,9,10,11). The fourth-order valence-corrected chi connectivity index (χ4v) is 0.592.